The van der Waals surface area contributed by atoms with Crippen LogP contribution < -0.4 is 4.72 Å². The number of rotatable bonds is 3. The quantitative estimate of drug-likeness (QED) is 0.932. The molecule has 0 aliphatic rings. The molecular weight excluding hydrogens is 290 g/mol. The minimum absolute atomic E-state index is 0.340. The zero-order chi connectivity index (χ0) is 14.7. The van der Waals surface area contributed by atoms with Gasteiger partial charge in [-0.1, -0.05) is 23.7 Å². The Hall–Kier alpha value is -1.27. The predicted molar refractivity (Wildman–Crippen MR) is 73.4 cm³/mol. The zero-order valence-electron chi connectivity index (χ0n) is 10.9. The summed E-state index contributed by atoms with van der Waals surface area (Å²) in [6, 6.07) is 6.41. The van der Waals surface area contributed by atoms with Crippen LogP contribution in [0.3, 0.4) is 0 Å². The van der Waals surface area contributed by atoms with E-state index in [-0.39, 0.29) is 5.75 Å². The summed E-state index contributed by atoms with van der Waals surface area (Å²) < 4.78 is 30.2. The summed E-state index contributed by atoms with van der Waals surface area (Å²) in [7, 11) is -3.81. The number of carbonyl (C=O) groups is 1. The topological polar surface area (TPSA) is 72.5 Å². The molecule has 0 atom stereocenters. The van der Waals surface area contributed by atoms with E-state index in [2.05, 4.69) is 0 Å². The number of benzene rings is 1. The van der Waals surface area contributed by atoms with Crippen molar-refractivity contribution in [1.29, 1.82) is 0 Å². The van der Waals surface area contributed by atoms with Crippen LogP contribution in [0.5, 0.6) is 0 Å². The van der Waals surface area contributed by atoms with Gasteiger partial charge in [0, 0.05) is 5.02 Å². The molecule has 0 aliphatic carbocycles. The third kappa shape index (κ3) is 6.45. The van der Waals surface area contributed by atoms with Crippen molar-refractivity contribution in [1.82, 2.24) is 4.72 Å². The molecule has 7 heteroatoms. The van der Waals surface area contributed by atoms with Crippen LogP contribution in [0.4, 0.5) is 4.79 Å². The van der Waals surface area contributed by atoms with Crippen molar-refractivity contribution in [3.05, 3.63) is 34.9 Å². The van der Waals surface area contributed by atoms with Crippen molar-refractivity contribution in [2.75, 3.05) is 0 Å². The largest absolute Gasteiger partial charge is 0.443 e. The summed E-state index contributed by atoms with van der Waals surface area (Å²) >= 11 is 5.76. The molecule has 0 radical (unpaired) electrons. The van der Waals surface area contributed by atoms with E-state index < -0.39 is 21.7 Å². The number of carbonyl (C=O) groups excluding carboxylic acids is 1. The van der Waals surface area contributed by atoms with Gasteiger partial charge in [-0.15, -0.1) is 0 Å². The highest BCUT2D eigenvalue weighted by atomic mass is 35.5. The molecule has 0 saturated carbocycles. The Balaban J connectivity index is 2.70. The van der Waals surface area contributed by atoms with Gasteiger partial charge < -0.3 is 4.74 Å². The van der Waals surface area contributed by atoms with Crippen LogP contribution in [0.1, 0.15) is 26.3 Å². The van der Waals surface area contributed by atoms with Crippen LogP contribution in [0.2, 0.25) is 5.02 Å². The maximum Gasteiger partial charge on any atom is 0.421 e. The van der Waals surface area contributed by atoms with Crippen LogP contribution in [0.25, 0.3) is 0 Å². The molecule has 0 heterocycles. The number of ether oxygens (including phenoxy) is 1. The Kier molecular flexibility index (Phi) is 4.81. The fraction of sp³-hybridized carbons (Fsp3) is 0.417. The molecule has 1 aromatic carbocycles. The number of hydrogen-bond acceptors (Lipinski definition) is 4. The average molecular weight is 306 g/mol. The normalized spacial score (nSPS) is 12.0. The minimum Gasteiger partial charge on any atom is -0.443 e. The molecule has 0 unspecified atom stereocenters. The molecule has 19 heavy (non-hydrogen) atoms. The van der Waals surface area contributed by atoms with Gasteiger partial charge in [-0.2, -0.15) is 0 Å². The van der Waals surface area contributed by atoms with Gasteiger partial charge in [-0.25, -0.2) is 17.9 Å². The van der Waals surface area contributed by atoms with E-state index in [1.807, 2.05) is 4.72 Å². The van der Waals surface area contributed by atoms with E-state index in [9.17, 15) is 13.2 Å². The second kappa shape index (κ2) is 5.79. The smallest absolute Gasteiger partial charge is 0.421 e. The molecule has 1 aromatic rings. The molecule has 1 N–H and O–H groups in total. The molecule has 0 spiro atoms. The second-order valence-corrected chi connectivity index (χ2v) is 7.15. The van der Waals surface area contributed by atoms with Gasteiger partial charge in [0.25, 0.3) is 0 Å². The first kappa shape index (κ1) is 15.8. The first-order chi connectivity index (χ1) is 8.57. The van der Waals surface area contributed by atoms with Crippen LogP contribution in [0, 0.1) is 0 Å². The molecular formula is C12H16ClNO4S. The van der Waals surface area contributed by atoms with Gasteiger partial charge in [0.2, 0.25) is 10.0 Å². The van der Waals surface area contributed by atoms with Gasteiger partial charge in [0.1, 0.15) is 5.60 Å². The molecule has 0 aliphatic heterocycles. The third-order valence-corrected chi connectivity index (χ3v) is 3.31. The number of amides is 1. The molecule has 5 nitrogen and oxygen atoms in total. The lowest BCUT2D eigenvalue weighted by Crippen LogP contribution is -2.36. The summed E-state index contributed by atoms with van der Waals surface area (Å²) in [5.41, 5.74) is -0.265. The van der Waals surface area contributed by atoms with E-state index in [1.165, 1.54) is 6.07 Å². The van der Waals surface area contributed by atoms with Gasteiger partial charge in [0.15, 0.2) is 0 Å². The van der Waals surface area contributed by atoms with Crippen molar-refractivity contribution >= 4 is 27.7 Å². The molecule has 0 aromatic heterocycles. The van der Waals surface area contributed by atoms with E-state index >= 15 is 0 Å². The maximum absolute atomic E-state index is 11.8. The lowest BCUT2D eigenvalue weighted by molar-refractivity contribution is 0.0570. The summed E-state index contributed by atoms with van der Waals surface area (Å²) in [6.45, 7) is 4.95. The van der Waals surface area contributed by atoms with Crippen LogP contribution in [0.15, 0.2) is 24.3 Å². The van der Waals surface area contributed by atoms with Gasteiger partial charge in [-0.3, -0.25) is 0 Å². The monoisotopic (exact) mass is 305 g/mol. The molecule has 1 rings (SSSR count). The lowest BCUT2D eigenvalue weighted by Gasteiger charge is -2.19. The van der Waals surface area contributed by atoms with E-state index in [1.54, 1.807) is 39.0 Å². The SMILES string of the molecule is CC(C)(C)OC(=O)NS(=O)(=O)Cc1cccc(Cl)c1. The summed E-state index contributed by atoms with van der Waals surface area (Å²) in [4.78, 5) is 11.4. The van der Waals surface area contributed by atoms with Gasteiger partial charge in [-0.05, 0) is 38.5 Å². The van der Waals surface area contributed by atoms with E-state index in [0.717, 1.165) is 0 Å². The van der Waals surface area contributed by atoms with Gasteiger partial charge in [0.05, 0.1) is 5.75 Å². The standard InChI is InChI=1S/C12H16ClNO4S/c1-12(2,3)18-11(15)14-19(16,17)8-9-5-4-6-10(13)7-9/h4-7H,8H2,1-3H3,(H,14,15). The molecule has 0 bridgehead atoms. The lowest BCUT2D eigenvalue weighted by atomic mass is 10.2. The second-order valence-electron chi connectivity index (χ2n) is 4.99. The molecule has 0 saturated heterocycles. The first-order valence-electron chi connectivity index (χ1n) is 5.55. The van der Waals surface area contributed by atoms with Crippen molar-refractivity contribution in [2.24, 2.45) is 0 Å². The fourth-order valence-corrected chi connectivity index (χ4v) is 2.51. The number of nitrogens with one attached hydrogen (secondary N) is 1. The summed E-state index contributed by atoms with van der Waals surface area (Å²) in [5.74, 6) is -0.340. The van der Waals surface area contributed by atoms with Crippen molar-refractivity contribution in [3.63, 3.8) is 0 Å². The maximum atomic E-state index is 11.8. The number of halogens is 1. The third-order valence-electron chi connectivity index (χ3n) is 1.88. The Labute approximate surface area is 118 Å². The molecule has 1 amide bonds. The molecule has 0 fully saturated rings. The van der Waals surface area contributed by atoms with Crippen molar-refractivity contribution in [3.8, 4) is 0 Å². The number of sulfonamides is 1. The average Bonchev–Trinajstić information content (AvgIpc) is 2.11. The Morgan fingerprint density at radius 3 is 2.53 bits per heavy atom. The number of hydrogen-bond donors (Lipinski definition) is 1. The highest BCUT2D eigenvalue weighted by Gasteiger charge is 2.21. The van der Waals surface area contributed by atoms with Crippen molar-refractivity contribution < 1.29 is 17.9 Å². The predicted octanol–water partition coefficient (Wildman–Crippen LogP) is 2.69. The van der Waals surface area contributed by atoms with Crippen LogP contribution in [-0.4, -0.2) is 20.1 Å². The first-order valence-corrected chi connectivity index (χ1v) is 7.58. The van der Waals surface area contributed by atoms with Gasteiger partial charge >= 0.3 is 6.09 Å². The highest BCUT2D eigenvalue weighted by molar-refractivity contribution is 7.89. The summed E-state index contributed by atoms with van der Waals surface area (Å²) in [6.07, 6.45) is -0.991. The van der Waals surface area contributed by atoms with Crippen molar-refractivity contribution in [2.45, 2.75) is 32.1 Å². The van der Waals surface area contributed by atoms with E-state index in [4.69, 9.17) is 16.3 Å². The summed E-state index contributed by atoms with van der Waals surface area (Å²) in [5, 5.41) is 0.435. The minimum atomic E-state index is -3.81. The zero-order valence-corrected chi connectivity index (χ0v) is 12.5. The Bertz CT molecular complexity index is 563. The highest BCUT2D eigenvalue weighted by Crippen LogP contribution is 2.13. The van der Waals surface area contributed by atoms with E-state index in [0.29, 0.717) is 10.6 Å². The Morgan fingerprint density at radius 2 is 2.00 bits per heavy atom. The van der Waals surface area contributed by atoms with Crippen LogP contribution in [-0.2, 0) is 20.5 Å². The fourth-order valence-electron chi connectivity index (χ4n) is 1.31. The van der Waals surface area contributed by atoms with Crippen LogP contribution >= 0.6 is 11.6 Å². The Morgan fingerprint density at radius 1 is 1.37 bits per heavy atom. The molecule has 106 valence electrons.